The van der Waals surface area contributed by atoms with Crippen LogP contribution in [0.2, 0.25) is 0 Å². The lowest BCUT2D eigenvalue weighted by atomic mass is 10.1. The van der Waals surface area contributed by atoms with Crippen molar-refractivity contribution in [2.24, 2.45) is 0 Å². The molecule has 39 heavy (non-hydrogen) atoms. The summed E-state index contributed by atoms with van der Waals surface area (Å²) in [7, 11) is -8.61. The lowest BCUT2D eigenvalue weighted by Crippen LogP contribution is -2.19. The molecule has 8 nitrogen and oxygen atoms in total. The highest BCUT2D eigenvalue weighted by atomic mass is 32.2. The third-order valence-electron chi connectivity index (χ3n) is 6.98. The largest absolute Gasteiger partial charge is 0.320 e. The van der Waals surface area contributed by atoms with E-state index in [4.69, 9.17) is 0 Å². The van der Waals surface area contributed by atoms with Gasteiger partial charge in [0.15, 0.2) is 0 Å². The highest BCUT2D eigenvalue weighted by Crippen LogP contribution is 2.43. The number of benzene rings is 4. The first-order valence-electron chi connectivity index (χ1n) is 12.3. The smallest absolute Gasteiger partial charge is 0.264 e. The Bertz CT molecular complexity index is 1900. The van der Waals surface area contributed by atoms with E-state index in [0.717, 1.165) is 39.4 Å². The molecule has 0 radical (unpaired) electrons. The highest BCUT2D eigenvalue weighted by Gasteiger charge is 2.34. The van der Waals surface area contributed by atoms with Crippen LogP contribution in [0.4, 0.5) is 17.1 Å². The highest BCUT2D eigenvalue weighted by molar-refractivity contribution is 7.93. The van der Waals surface area contributed by atoms with Crippen LogP contribution in [0.3, 0.4) is 0 Å². The van der Waals surface area contributed by atoms with Crippen LogP contribution in [0.25, 0.3) is 10.8 Å². The maximum Gasteiger partial charge on any atom is 0.264 e. The molecule has 4 aromatic carbocycles. The van der Waals surface area contributed by atoms with Crippen LogP contribution < -0.4 is 14.8 Å². The summed E-state index contributed by atoms with van der Waals surface area (Å²) in [4.78, 5) is 12.2. The van der Waals surface area contributed by atoms with Crippen molar-refractivity contribution in [3.63, 3.8) is 0 Å². The number of carbonyl (C=O) groups is 1. The van der Waals surface area contributed by atoms with Gasteiger partial charge in [0.2, 0.25) is 0 Å². The van der Waals surface area contributed by atoms with Gasteiger partial charge in [-0.2, -0.15) is 0 Å². The van der Waals surface area contributed by atoms with E-state index >= 15 is 0 Å². The molecule has 1 heterocycles. The zero-order chi connectivity index (χ0) is 28.4. The molecule has 0 bridgehead atoms. The second-order valence-corrected chi connectivity index (χ2v) is 13.5. The van der Waals surface area contributed by atoms with Crippen molar-refractivity contribution >= 4 is 53.8 Å². The van der Waals surface area contributed by atoms with E-state index < -0.39 is 26.0 Å². The minimum atomic E-state index is -4.33. The molecule has 1 aliphatic heterocycles. The second kappa shape index (κ2) is 9.10. The molecule has 5 rings (SSSR count). The molecule has 0 atom stereocenters. The van der Waals surface area contributed by atoms with Crippen molar-refractivity contribution in [3.8, 4) is 0 Å². The first kappa shape index (κ1) is 26.7. The quantitative estimate of drug-likeness (QED) is 0.271. The Labute approximate surface area is 228 Å². The lowest BCUT2D eigenvalue weighted by Gasteiger charge is -2.19. The van der Waals surface area contributed by atoms with Crippen LogP contribution in [0.5, 0.6) is 0 Å². The van der Waals surface area contributed by atoms with E-state index in [2.05, 4.69) is 14.8 Å². The van der Waals surface area contributed by atoms with Crippen LogP contribution in [-0.2, 0) is 20.0 Å². The molecule has 0 fully saturated rings. The van der Waals surface area contributed by atoms with Crippen LogP contribution in [0, 0.1) is 41.5 Å². The Morgan fingerprint density at radius 1 is 0.641 bits per heavy atom. The van der Waals surface area contributed by atoms with E-state index in [9.17, 15) is 21.6 Å². The molecule has 4 aromatic rings. The van der Waals surface area contributed by atoms with E-state index in [0.29, 0.717) is 11.4 Å². The van der Waals surface area contributed by atoms with E-state index in [1.165, 1.54) is 0 Å². The number of anilines is 3. The molecular formula is C29H29N3O5S2. The van der Waals surface area contributed by atoms with Gasteiger partial charge in [-0.05, 0) is 75.9 Å². The number of nitrogens with one attached hydrogen (secondary N) is 3. The predicted octanol–water partition coefficient (Wildman–Crippen LogP) is 5.86. The summed E-state index contributed by atoms with van der Waals surface area (Å²) < 4.78 is 60.8. The number of carbonyl (C=O) groups excluding carboxylic acids is 1. The molecule has 1 aliphatic rings. The average molecular weight is 564 g/mol. The average Bonchev–Trinajstić information content (AvgIpc) is 3.16. The Morgan fingerprint density at radius 3 is 1.59 bits per heavy atom. The maximum atomic E-state index is 13.9. The first-order valence-corrected chi connectivity index (χ1v) is 15.3. The van der Waals surface area contributed by atoms with E-state index in [1.807, 2.05) is 38.1 Å². The van der Waals surface area contributed by atoms with E-state index in [1.54, 1.807) is 45.9 Å². The standard InChI is InChI=1S/C29H29N3O5S2/c1-15-10-17(3)26(18(4)11-15)31-38(34,35)23-14-24(28-25-21(23)8-7-9-22(25)29(33)30-28)39(36,37)32-27-19(5)12-16(2)13-20(27)6/h7-14,31-32H,1-6H3,(H,30,33). The lowest BCUT2D eigenvalue weighted by molar-refractivity contribution is 0.103. The third kappa shape index (κ3) is 4.53. The fraction of sp³-hybridized carbons (Fsp3) is 0.207. The van der Waals surface area contributed by atoms with Crippen molar-refractivity contribution in [3.05, 3.63) is 87.5 Å². The van der Waals surface area contributed by atoms with Gasteiger partial charge >= 0.3 is 0 Å². The van der Waals surface area contributed by atoms with Crippen molar-refractivity contribution in [2.75, 3.05) is 14.8 Å². The third-order valence-corrected chi connectivity index (χ3v) is 9.74. The molecule has 0 saturated carbocycles. The van der Waals surface area contributed by atoms with Crippen molar-refractivity contribution in [1.82, 2.24) is 0 Å². The molecule has 0 saturated heterocycles. The molecule has 202 valence electrons. The van der Waals surface area contributed by atoms with Gasteiger partial charge < -0.3 is 5.32 Å². The Balaban J connectivity index is 1.74. The van der Waals surface area contributed by atoms with E-state index in [-0.39, 0.29) is 31.8 Å². The summed E-state index contributed by atoms with van der Waals surface area (Å²) in [5.41, 5.74) is 5.97. The monoisotopic (exact) mass is 563 g/mol. The molecule has 1 amide bonds. The summed E-state index contributed by atoms with van der Waals surface area (Å²) in [6.45, 7) is 11.0. The summed E-state index contributed by atoms with van der Waals surface area (Å²) in [6.07, 6.45) is 0. The Morgan fingerprint density at radius 2 is 1.10 bits per heavy atom. The first-order chi connectivity index (χ1) is 18.2. The molecule has 0 aromatic heterocycles. The van der Waals surface area contributed by atoms with Gasteiger partial charge in [0.1, 0.15) is 4.90 Å². The molecule has 0 unspecified atom stereocenters. The molecule has 10 heteroatoms. The number of sulfonamides is 2. The van der Waals surface area contributed by atoms with Crippen molar-refractivity contribution in [1.29, 1.82) is 0 Å². The second-order valence-electron chi connectivity index (χ2n) is 10.2. The predicted molar refractivity (Wildman–Crippen MR) is 155 cm³/mol. The molecule has 0 spiro atoms. The normalized spacial score (nSPS) is 13.0. The summed E-state index contributed by atoms with van der Waals surface area (Å²) >= 11 is 0. The fourth-order valence-corrected chi connectivity index (χ4v) is 8.31. The molecular weight excluding hydrogens is 534 g/mol. The van der Waals surface area contributed by atoms with Gasteiger partial charge in [-0.15, -0.1) is 0 Å². The summed E-state index contributed by atoms with van der Waals surface area (Å²) in [5.74, 6) is -0.498. The SMILES string of the molecule is Cc1cc(C)c(NS(=O)(=O)c2cc(S(=O)(=O)Nc3c(C)cc(C)cc3C)c3cccc4c3c2NC4=O)c(C)c1. The molecule has 3 N–H and O–H groups in total. The zero-order valence-corrected chi connectivity index (χ0v) is 24.1. The van der Waals surface area contributed by atoms with Crippen LogP contribution >= 0.6 is 0 Å². The summed E-state index contributed by atoms with van der Waals surface area (Å²) in [6, 6.07) is 13.3. The van der Waals surface area contributed by atoms with Crippen LogP contribution in [0.15, 0.2) is 58.3 Å². The van der Waals surface area contributed by atoms with Crippen LogP contribution in [-0.4, -0.2) is 22.7 Å². The number of hydrogen-bond donors (Lipinski definition) is 3. The minimum absolute atomic E-state index is 0.0576. The number of rotatable bonds is 6. The maximum absolute atomic E-state index is 13.9. The van der Waals surface area contributed by atoms with Crippen molar-refractivity contribution < 1.29 is 21.6 Å². The van der Waals surface area contributed by atoms with Gasteiger partial charge in [0.25, 0.3) is 26.0 Å². The van der Waals surface area contributed by atoms with Gasteiger partial charge in [-0.25, -0.2) is 16.8 Å². The van der Waals surface area contributed by atoms with Gasteiger partial charge in [-0.1, -0.05) is 47.5 Å². The number of hydrogen-bond acceptors (Lipinski definition) is 5. The Kier molecular flexibility index (Phi) is 6.23. The zero-order valence-electron chi connectivity index (χ0n) is 22.5. The minimum Gasteiger partial charge on any atom is -0.320 e. The number of aryl methyl sites for hydroxylation is 6. The van der Waals surface area contributed by atoms with Gasteiger partial charge in [0.05, 0.1) is 22.0 Å². The number of amides is 1. The van der Waals surface area contributed by atoms with Crippen LogP contribution in [0.1, 0.15) is 43.7 Å². The van der Waals surface area contributed by atoms with Crippen molar-refractivity contribution in [2.45, 2.75) is 51.3 Å². The Hall–Kier alpha value is -3.89. The van der Waals surface area contributed by atoms with Gasteiger partial charge in [0, 0.05) is 16.3 Å². The molecule has 0 aliphatic carbocycles. The summed E-state index contributed by atoms with van der Waals surface area (Å²) in [5, 5.41) is 3.15. The fourth-order valence-electron chi connectivity index (χ4n) is 5.41. The van der Waals surface area contributed by atoms with Gasteiger partial charge in [-0.3, -0.25) is 14.2 Å². The topological polar surface area (TPSA) is 121 Å².